The van der Waals surface area contributed by atoms with Crippen molar-refractivity contribution >= 4 is 18.3 Å². The number of hydrogen-bond acceptors (Lipinski definition) is 3. The number of nitrogens with one attached hydrogen (secondary N) is 2. The molecule has 1 aliphatic heterocycles. The molecule has 2 aromatic rings. The highest BCUT2D eigenvalue weighted by Gasteiger charge is 2.34. The van der Waals surface area contributed by atoms with Gasteiger partial charge in [0, 0.05) is 38.8 Å². The molecule has 3 rings (SSSR count). The minimum Gasteiger partial charge on any atom is -0.352 e. The van der Waals surface area contributed by atoms with E-state index in [1.54, 1.807) is 4.68 Å². The van der Waals surface area contributed by atoms with Crippen molar-refractivity contribution in [1.29, 1.82) is 0 Å². The van der Waals surface area contributed by atoms with Gasteiger partial charge >= 0.3 is 0 Å². The lowest BCUT2D eigenvalue weighted by molar-refractivity contribution is -0.125. The Labute approximate surface area is 142 Å². The largest absolute Gasteiger partial charge is 0.352 e. The minimum absolute atomic E-state index is 0. The van der Waals surface area contributed by atoms with Crippen molar-refractivity contribution in [3.8, 4) is 0 Å². The Morgan fingerprint density at radius 3 is 2.74 bits per heavy atom. The average molecular weight is 335 g/mol. The van der Waals surface area contributed by atoms with Gasteiger partial charge in [-0.3, -0.25) is 9.48 Å². The van der Waals surface area contributed by atoms with Crippen molar-refractivity contribution in [1.82, 2.24) is 20.4 Å². The van der Waals surface area contributed by atoms with Gasteiger partial charge in [-0.05, 0) is 18.1 Å². The number of rotatable bonds is 4. The lowest BCUT2D eigenvalue weighted by Gasteiger charge is -2.17. The normalized spacial score (nSPS) is 20.1. The summed E-state index contributed by atoms with van der Waals surface area (Å²) in [6.45, 7) is 4.19. The van der Waals surface area contributed by atoms with E-state index in [1.165, 1.54) is 5.56 Å². The quantitative estimate of drug-likeness (QED) is 0.896. The van der Waals surface area contributed by atoms with Crippen LogP contribution in [-0.4, -0.2) is 28.8 Å². The van der Waals surface area contributed by atoms with Crippen LogP contribution in [0.2, 0.25) is 0 Å². The summed E-state index contributed by atoms with van der Waals surface area (Å²) in [4.78, 5) is 12.5. The highest BCUT2D eigenvalue weighted by atomic mass is 35.5. The van der Waals surface area contributed by atoms with E-state index in [0.717, 1.165) is 24.2 Å². The first-order valence-corrected chi connectivity index (χ1v) is 7.66. The number of carbonyl (C=O) groups excluding carboxylic acids is 1. The van der Waals surface area contributed by atoms with Crippen LogP contribution in [0.5, 0.6) is 0 Å². The molecule has 1 saturated heterocycles. The van der Waals surface area contributed by atoms with Crippen molar-refractivity contribution in [2.24, 2.45) is 13.0 Å². The molecule has 1 aromatic heterocycles. The molecule has 0 aliphatic carbocycles. The summed E-state index contributed by atoms with van der Waals surface area (Å²) in [5.41, 5.74) is 3.48. The van der Waals surface area contributed by atoms with Gasteiger partial charge in [0.25, 0.3) is 0 Å². The van der Waals surface area contributed by atoms with Crippen molar-refractivity contribution < 1.29 is 4.79 Å². The number of amides is 1. The number of halogens is 1. The Morgan fingerprint density at radius 2 is 2.09 bits per heavy atom. The second-order valence-electron chi connectivity index (χ2n) is 6.02. The highest BCUT2D eigenvalue weighted by Crippen LogP contribution is 2.27. The predicted octanol–water partition coefficient (Wildman–Crippen LogP) is 1.77. The van der Waals surface area contributed by atoms with E-state index in [2.05, 4.69) is 46.9 Å². The maximum atomic E-state index is 12.5. The number of nitrogens with zero attached hydrogens (tertiary/aromatic N) is 2. The average Bonchev–Trinajstić information content (AvgIpc) is 3.14. The van der Waals surface area contributed by atoms with Crippen molar-refractivity contribution in [3.05, 3.63) is 53.3 Å². The molecule has 0 spiro atoms. The smallest absolute Gasteiger partial charge is 0.225 e. The van der Waals surface area contributed by atoms with Crippen LogP contribution in [0, 0.1) is 12.8 Å². The van der Waals surface area contributed by atoms with E-state index >= 15 is 0 Å². The van der Waals surface area contributed by atoms with Gasteiger partial charge in [-0.15, -0.1) is 12.4 Å². The molecule has 1 aromatic carbocycles. The molecule has 2 heterocycles. The molecular weight excluding hydrogens is 312 g/mol. The molecule has 2 N–H and O–H groups in total. The van der Waals surface area contributed by atoms with Crippen LogP contribution in [0.1, 0.15) is 22.6 Å². The van der Waals surface area contributed by atoms with Crippen LogP contribution in [0.3, 0.4) is 0 Å². The summed E-state index contributed by atoms with van der Waals surface area (Å²) in [5.74, 6) is 0.279. The number of benzene rings is 1. The number of hydrogen-bond donors (Lipinski definition) is 2. The molecular formula is C17H23ClN4O. The molecule has 124 valence electrons. The summed E-state index contributed by atoms with van der Waals surface area (Å²) in [6, 6.07) is 8.25. The third kappa shape index (κ3) is 4.12. The van der Waals surface area contributed by atoms with E-state index in [4.69, 9.17) is 0 Å². The monoisotopic (exact) mass is 334 g/mol. The zero-order valence-corrected chi connectivity index (χ0v) is 14.3. The topological polar surface area (TPSA) is 59.0 Å². The first-order valence-electron chi connectivity index (χ1n) is 7.66. The van der Waals surface area contributed by atoms with Gasteiger partial charge in [-0.1, -0.05) is 29.8 Å². The van der Waals surface area contributed by atoms with Crippen LogP contribution in [0.15, 0.2) is 36.7 Å². The van der Waals surface area contributed by atoms with Crippen LogP contribution in [0.4, 0.5) is 0 Å². The van der Waals surface area contributed by atoms with Crippen molar-refractivity contribution in [3.63, 3.8) is 0 Å². The maximum Gasteiger partial charge on any atom is 0.225 e. The molecule has 0 unspecified atom stereocenters. The third-order valence-electron chi connectivity index (χ3n) is 4.29. The van der Waals surface area contributed by atoms with Crippen molar-refractivity contribution in [2.75, 3.05) is 13.1 Å². The second-order valence-corrected chi connectivity index (χ2v) is 6.02. The zero-order chi connectivity index (χ0) is 15.5. The highest BCUT2D eigenvalue weighted by molar-refractivity contribution is 5.85. The fourth-order valence-corrected chi connectivity index (χ4v) is 2.96. The fraction of sp³-hybridized carbons (Fsp3) is 0.412. The molecule has 23 heavy (non-hydrogen) atoms. The summed E-state index contributed by atoms with van der Waals surface area (Å²) >= 11 is 0. The predicted molar refractivity (Wildman–Crippen MR) is 92.6 cm³/mol. The van der Waals surface area contributed by atoms with Gasteiger partial charge in [0.15, 0.2) is 0 Å². The number of aryl methyl sites for hydroxylation is 2. The Bertz CT molecular complexity index is 653. The van der Waals surface area contributed by atoms with E-state index in [0.29, 0.717) is 6.54 Å². The molecule has 0 bridgehead atoms. The first kappa shape index (κ1) is 17.5. The van der Waals surface area contributed by atoms with Gasteiger partial charge in [0.1, 0.15) is 0 Å². The van der Waals surface area contributed by atoms with Crippen molar-refractivity contribution in [2.45, 2.75) is 19.4 Å². The fourth-order valence-electron chi connectivity index (χ4n) is 2.96. The van der Waals surface area contributed by atoms with Gasteiger partial charge in [0.2, 0.25) is 5.91 Å². The summed E-state index contributed by atoms with van der Waals surface area (Å²) < 4.78 is 1.79. The maximum absolute atomic E-state index is 12.5. The molecule has 1 amide bonds. The Morgan fingerprint density at radius 1 is 1.35 bits per heavy atom. The SMILES string of the molecule is Cc1ccc(CNC(=O)[C@H]2CNC[C@@H]2c2cnn(C)c2)cc1.Cl. The van der Waals surface area contributed by atoms with Gasteiger partial charge in [-0.25, -0.2) is 0 Å². The number of carbonyl (C=O) groups is 1. The standard InChI is InChI=1S/C17H22N4O.ClH/c1-12-3-5-13(6-4-12)7-19-17(22)16-10-18-9-15(16)14-8-20-21(2)11-14;/h3-6,8,11,15-16,18H,7,9-10H2,1-2H3,(H,19,22);1H/t15-,16+;/m1./s1. The van der Waals surface area contributed by atoms with Crippen LogP contribution < -0.4 is 10.6 Å². The van der Waals surface area contributed by atoms with Gasteiger partial charge in [-0.2, -0.15) is 5.10 Å². The zero-order valence-electron chi connectivity index (χ0n) is 13.5. The molecule has 0 saturated carbocycles. The molecule has 0 radical (unpaired) electrons. The first-order chi connectivity index (χ1) is 10.6. The Hall–Kier alpha value is -1.85. The second kappa shape index (κ2) is 7.62. The van der Waals surface area contributed by atoms with E-state index in [1.807, 2.05) is 19.4 Å². The number of aromatic nitrogens is 2. The molecule has 6 heteroatoms. The summed E-state index contributed by atoms with van der Waals surface area (Å²) in [7, 11) is 1.90. The van der Waals surface area contributed by atoms with Crippen LogP contribution in [-0.2, 0) is 18.4 Å². The molecule has 5 nitrogen and oxygen atoms in total. The lowest BCUT2D eigenvalue weighted by Crippen LogP contribution is -2.33. The van der Waals surface area contributed by atoms with Gasteiger partial charge in [0.05, 0.1) is 12.1 Å². The van der Waals surface area contributed by atoms with Crippen LogP contribution >= 0.6 is 12.4 Å². The van der Waals surface area contributed by atoms with Gasteiger partial charge < -0.3 is 10.6 Å². The molecule has 1 fully saturated rings. The Kier molecular flexibility index (Phi) is 5.80. The Balaban J connectivity index is 0.00000192. The van der Waals surface area contributed by atoms with Crippen LogP contribution in [0.25, 0.3) is 0 Å². The van der Waals surface area contributed by atoms with E-state index in [9.17, 15) is 4.79 Å². The summed E-state index contributed by atoms with van der Waals surface area (Å²) in [6.07, 6.45) is 3.86. The third-order valence-corrected chi connectivity index (χ3v) is 4.29. The molecule has 1 aliphatic rings. The van der Waals surface area contributed by atoms with E-state index < -0.39 is 0 Å². The lowest BCUT2D eigenvalue weighted by atomic mass is 9.90. The van der Waals surface area contributed by atoms with E-state index in [-0.39, 0.29) is 30.2 Å². The minimum atomic E-state index is -0.0327. The summed E-state index contributed by atoms with van der Waals surface area (Å²) in [5, 5.41) is 10.6. The molecule has 2 atom stereocenters.